The van der Waals surface area contributed by atoms with Gasteiger partial charge in [-0.25, -0.2) is 4.99 Å². The molecule has 1 aliphatic heterocycles. The molecule has 1 fully saturated rings. The highest BCUT2D eigenvalue weighted by molar-refractivity contribution is 14.0. The van der Waals surface area contributed by atoms with Crippen molar-refractivity contribution in [2.75, 3.05) is 13.1 Å². The number of hydrogen-bond acceptors (Lipinski definition) is 2. The van der Waals surface area contributed by atoms with E-state index < -0.39 is 0 Å². The first kappa shape index (κ1) is 17.0. The Kier molecular flexibility index (Phi) is 5.99. The van der Waals surface area contributed by atoms with Gasteiger partial charge < -0.3 is 10.6 Å². The maximum Gasteiger partial charge on any atom is 0.191 e. The number of likely N-dealkylation sites (tertiary alicyclic amines) is 1. The van der Waals surface area contributed by atoms with Crippen molar-refractivity contribution in [1.29, 1.82) is 0 Å². The lowest BCUT2D eigenvalue weighted by atomic mass is 10.00. The number of guanidine groups is 1. The molecule has 0 aliphatic carbocycles. The van der Waals surface area contributed by atoms with Crippen LogP contribution in [0.25, 0.3) is 10.8 Å². The van der Waals surface area contributed by atoms with Crippen molar-refractivity contribution >= 4 is 40.7 Å². The number of halogens is 1. The Bertz CT molecular complexity index is 643. The second-order valence-corrected chi connectivity index (χ2v) is 5.82. The minimum absolute atomic E-state index is 0. The fourth-order valence-electron chi connectivity index (χ4n) is 2.80. The molecule has 3 rings (SSSR count). The Morgan fingerprint density at radius 1 is 1.27 bits per heavy atom. The van der Waals surface area contributed by atoms with Crippen LogP contribution in [0.1, 0.15) is 25.5 Å². The van der Waals surface area contributed by atoms with E-state index in [0.29, 0.717) is 12.5 Å². The first-order valence-electron chi connectivity index (χ1n) is 7.61. The average Bonchev–Trinajstić information content (AvgIpc) is 2.53. The van der Waals surface area contributed by atoms with Crippen molar-refractivity contribution in [3.63, 3.8) is 0 Å². The standard InChI is InChI=1S/C17H22N4.HI/c1-13-7-10-21(11-8-13)17(18)20-12-16-15-5-3-2-4-14(15)6-9-19-16;/h2-6,9,13H,7-8,10-12H2,1H3,(H2,18,20);1H. The lowest BCUT2D eigenvalue weighted by Gasteiger charge is -2.31. The summed E-state index contributed by atoms with van der Waals surface area (Å²) in [4.78, 5) is 11.2. The van der Waals surface area contributed by atoms with Crippen molar-refractivity contribution < 1.29 is 0 Å². The normalized spacial score (nSPS) is 16.6. The number of hydrogen-bond donors (Lipinski definition) is 1. The summed E-state index contributed by atoms with van der Waals surface area (Å²) >= 11 is 0. The molecule has 2 N–H and O–H groups in total. The van der Waals surface area contributed by atoms with Gasteiger partial charge in [0.2, 0.25) is 0 Å². The summed E-state index contributed by atoms with van der Waals surface area (Å²) in [6, 6.07) is 10.3. The highest BCUT2D eigenvalue weighted by Gasteiger charge is 2.16. The molecule has 1 aromatic heterocycles. The van der Waals surface area contributed by atoms with Gasteiger partial charge in [-0.1, -0.05) is 31.2 Å². The number of nitrogens with two attached hydrogens (primary N) is 1. The Hall–Kier alpha value is -1.37. The maximum atomic E-state index is 6.13. The van der Waals surface area contributed by atoms with Crippen LogP contribution in [0.3, 0.4) is 0 Å². The third kappa shape index (κ3) is 3.88. The van der Waals surface area contributed by atoms with Gasteiger partial charge in [0, 0.05) is 24.7 Å². The topological polar surface area (TPSA) is 54.5 Å². The van der Waals surface area contributed by atoms with E-state index in [4.69, 9.17) is 5.73 Å². The summed E-state index contributed by atoms with van der Waals surface area (Å²) in [5.74, 6) is 1.45. The number of pyridine rings is 1. The lowest BCUT2D eigenvalue weighted by molar-refractivity contribution is 0.277. The van der Waals surface area contributed by atoms with E-state index in [1.54, 1.807) is 0 Å². The zero-order valence-electron chi connectivity index (χ0n) is 12.9. The van der Waals surface area contributed by atoms with Crippen molar-refractivity contribution in [1.82, 2.24) is 9.88 Å². The third-order valence-corrected chi connectivity index (χ3v) is 4.25. The van der Waals surface area contributed by atoms with Crippen LogP contribution in [0.5, 0.6) is 0 Å². The predicted molar refractivity (Wildman–Crippen MR) is 102 cm³/mol. The highest BCUT2D eigenvalue weighted by Crippen LogP contribution is 2.18. The summed E-state index contributed by atoms with van der Waals surface area (Å²) in [5.41, 5.74) is 7.12. The van der Waals surface area contributed by atoms with Gasteiger partial charge in [-0.3, -0.25) is 4.98 Å². The number of benzene rings is 1. The molecule has 2 heterocycles. The van der Waals surface area contributed by atoms with Gasteiger partial charge in [0.25, 0.3) is 0 Å². The SMILES string of the molecule is CC1CCN(C(N)=NCc2nccc3ccccc23)CC1.I. The van der Waals surface area contributed by atoms with Gasteiger partial charge in [-0.05, 0) is 30.2 Å². The van der Waals surface area contributed by atoms with Crippen LogP contribution in [-0.2, 0) is 6.54 Å². The quantitative estimate of drug-likeness (QED) is 0.469. The van der Waals surface area contributed by atoms with Gasteiger partial charge in [0.15, 0.2) is 5.96 Å². The first-order chi connectivity index (χ1) is 10.2. The molecule has 1 aliphatic rings. The molecule has 0 saturated carbocycles. The summed E-state index contributed by atoms with van der Waals surface area (Å²) in [6.45, 7) is 4.86. The third-order valence-electron chi connectivity index (χ3n) is 4.25. The van der Waals surface area contributed by atoms with Crippen molar-refractivity contribution in [2.45, 2.75) is 26.3 Å². The number of rotatable bonds is 2. The zero-order chi connectivity index (χ0) is 14.7. The molecule has 0 radical (unpaired) electrons. The van der Waals surface area contributed by atoms with E-state index >= 15 is 0 Å². The summed E-state index contributed by atoms with van der Waals surface area (Å²) in [6.07, 6.45) is 4.23. The zero-order valence-corrected chi connectivity index (χ0v) is 15.2. The van der Waals surface area contributed by atoms with E-state index in [9.17, 15) is 0 Å². The molecular weight excluding hydrogens is 387 g/mol. The second-order valence-electron chi connectivity index (χ2n) is 5.82. The van der Waals surface area contributed by atoms with Gasteiger partial charge in [0.1, 0.15) is 0 Å². The highest BCUT2D eigenvalue weighted by atomic mass is 127. The molecular formula is C17H23IN4. The van der Waals surface area contributed by atoms with Crippen LogP contribution in [0.2, 0.25) is 0 Å². The Balaban J connectivity index is 0.00000176. The smallest absolute Gasteiger partial charge is 0.191 e. The number of nitrogens with zero attached hydrogens (tertiary/aromatic N) is 3. The monoisotopic (exact) mass is 410 g/mol. The van der Waals surface area contributed by atoms with Crippen molar-refractivity contribution in [2.24, 2.45) is 16.6 Å². The fourth-order valence-corrected chi connectivity index (χ4v) is 2.80. The maximum absolute atomic E-state index is 6.13. The van der Waals surface area contributed by atoms with Crippen molar-refractivity contribution in [3.8, 4) is 0 Å². The van der Waals surface area contributed by atoms with Gasteiger partial charge in [0.05, 0.1) is 12.2 Å². The minimum atomic E-state index is 0. The molecule has 0 bridgehead atoms. The molecule has 0 unspecified atom stereocenters. The molecule has 1 saturated heterocycles. The van der Waals surface area contributed by atoms with Crippen molar-refractivity contribution in [3.05, 3.63) is 42.2 Å². The van der Waals surface area contributed by atoms with E-state index in [1.807, 2.05) is 24.4 Å². The van der Waals surface area contributed by atoms with E-state index in [1.165, 1.54) is 18.2 Å². The van der Waals surface area contributed by atoms with Gasteiger partial charge in [-0.15, -0.1) is 24.0 Å². The number of piperidine rings is 1. The van der Waals surface area contributed by atoms with Crippen LogP contribution in [0, 0.1) is 5.92 Å². The molecule has 22 heavy (non-hydrogen) atoms. The molecule has 1 aromatic carbocycles. The van der Waals surface area contributed by atoms with E-state index in [-0.39, 0.29) is 24.0 Å². The summed E-state index contributed by atoms with van der Waals surface area (Å²) in [5, 5.41) is 2.35. The molecule has 4 nitrogen and oxygen atoms in total. The second kappa shape index (κ2) is 7.76. The first-order valence-corrected chi connectivity index (χ1v) is 7.61. The van der Waals surface area contributed by atoms with Crippen LogP contribution >= 0.6 is 24.0 Å². The Morgan fingerprint density at radius 3 is 2.77 bits per heavy atom. The summed E-state index contributed by atoms with van der Waals surface area (Å²) < 4.78 is 0. The molecule has 0 spiro atoms. The number of aliphatic imine (C=N–C) groups is 1. The molecule has 0 atom stereocenters. The van der Waals surface area contributed by atoms with Crippen LogP contribution < -0.4 is 5.73 Å². The average molecular weight is 410 g/mol. The predicted octanol–water partition coefficient (Wildman–Crippen LogP) is 3.40. The van der Waals surface area contributed by atoms with Gasteiger partial charge in [-0.2, -0.15) is 0 Å². The lowest BCUT2D eigenvalue weighted by Crippen LogP contribution is -2.42. The van der Waals surface area contributed by atoms with Crippen LogP contribution in [0.4, 0.5) is 0 Å². The molecule has 0 amide bonds. The molecule has 2 aromatic rings. The Labute approximate surface area is 148 Å². The fraction of sp³-hybridized carbons (Fsp3) is 0.412. The van der Waals surface area contributed by atoms with E-state index in [2.05, 4.69) is 33.9 Å². The number of fused-ring (bicyclic) bond motifs is 1. The molecule has 5 heteroatoms. The van der Waals surface area contributed by atoms with Crippen LogP contribution in [0.15, 0.2) is 41.5 Å². The molecule has 118 valence electrons. The van der Waals surface area contributed by atoms with Gasteiger partial charge >= 0.3 is 0 Å². The van der Waals surface area contributed by atoms with Crippen LogP contribution in [-0.4, -0.2) is 28.9 Å². The minimum Gasteiger partial charge on any atom is -0.370 e. The Morgan fingerprint density at radius 2 is 2.00 bits per heavy atom. The summed E-state index contributed by atoms with van der Waals surface area (Å²) in [7, 11) is 0. The largest absolute Gasteiger partial charge is 0.370 e. The van der Waals surface area contributed by atoms with E-state index in [0.717, 1.165) is 30.1 Å². The number of aromatic nitrogens is 1.